The minimum atomic E-state index is -0.0387. The quantitative estimate of drug-likeness (QED) is 0.619. The topological polar surface area (TPSA) is 57.7 Å². The van der Waals surface area contributed by atoms with Crippen LogP contribution in [0.3, 0.4) is 0 Å². The number of carbonyl (C=O) groups is 1. The molecule has 2 heterocycles. The van der Waals surface area contributed by atoms with E-state index in [1.54, 1.807) is 18.4 Å². The van der Waals surface area contributed by atoms with E-state index in [2.05, 4.69) is 15.1 Å². The highest BCUT2D eigenvalue weighted by atomic mass is 35.5. The maximum atomic E-state index is 12.4. The third kappa shape index (κ3) is 4.75. The Morgan fingerprint density at radius 3 is 2.63 bits per heavy atom. The van der Waals surface area contributed by atoms with Gasteiger partial charge < -0.3 is 15.0 Å². The van der Waals surface area contributed by atoms with E-state index in [1.807, 2.05) is 53.9 Å². The third-order valence-electron chi connectivity index (χ3n) is 5.03. The van der Waals surface area contributed by atoms with Gasteiger partial charge in [0.2, 0.25) is 5.91 Å². The van der Waals surface area contributed by atoms with Crippen LogP contribution in [0.15, 0.2) is 53.9 Å². The summed E-state index contributed by atoms with van der Waals surface area (Å²) in [5.41, 5.74) is 2.55. The summed E-state index contributed by atoms with van der Waals surface area (Å²) in [6.45, 7) is 3.63. The summed E-state index contributed by atoms with van der Waals surface area (Å²) in [7, 11) is 1.60. The van der Waals surface area contributed by atoms with E-state index in [1.165, 1.54) is 0 Å². The molecular formula is C22H23ClN4O2S. The summed E-state index contributed by atoms with van der Waals surface area (Å²) < 4.78 is 5.29. The highest BCUT2D eigenvalue weighted by Gasteiger charge is 2.22. The Morgan fingerprint density at radius 2 is 1.87 bits per heavy atom. The standard InChI is InChI=1S/C22H23ClN4O2S/c1-29-20-9-5-4-8-18(20)24-21(28)14-26-10-12-27(13-11-26)22-25-19(15-30-22)16-6-2-3-7-17(16)23/h2-9,15H,10-14H2,1H3,(H,24,28). The van der Waals surface area contributed by atoms with Crippen molar-refractivity contribution in [2.45, 2.75) is 0 Å². The van der Waals surface area contributed by atoms with Crippen molar-refractivity contribution in [2.75, 3.05) is 50.1 Å². The lowest BCUT2D eigenvalue weighted by atomic mass is 10.2. The van der Waals surface area contributed by atoms with Crippen molar-refractivity contribution in [2.24, 2.45) is 0 Å². The molecule has 0 bridgehead atoms. The predicted molar refractivity (Wildman–Crippen MR) is 123 cm³/mol. The second-order valence-electron chi connectivity index (χ2n) is 7.01. The first-order valence-corrected chi connectivity index (χ1v) is 11.0. The lowest BCUT2D eigenvalue weighted by Crippen LogP contribution is -2.48. The van der Waals surface area contributed by atoms with Crippen molar-refractivity contribution in [1.29, 1.82) is 0 Å². The minimum absolute atomic E-state index is 0.0387. The molecule has 0 unspecified atom stereocenters. The van der Waals surface area contributed by atoms with Crippen LogP contribution < -0.4 is 15.0 Å². The average Bonchev–Trinajstić information content (AvgIpc) is 3.25. The summed E-state index contributed by atoms with van der Waals surface area (Å²) in [5.74, 6) is 0.622. The Morgan fingerprint density at radius 1 is 1.13 bits per heavy atom. The highest BCUT2D eigenvalue weighted by Crippen LogP contribution is 2.32. The smallest absolute Gasteiger partial charge is 0.238 e. The maximum absolute atomic E-state index is 12.4. The molecule has 1 aliphatic rings. The summed E-state index contributed by atoms with van der Waals surface area (Å²) in [6.07, 6.45) is 0. The number of thiazole rings is 1. The van der Waals surface area contributed by atoms with Gasteiger partial charge in [-0.1, -0.05) is 41.9 Å². The van der Waals surface area contributed by atoms with Crippen molar-refractivity contribution in [1.82, 2.24) is 9.88 Å². The zero-order valence-corrected chi connectivity index (χ0v) is 18.2. The van der Waals surface area contributed by atoms with E-state index in [4.69, 9.17) is 21.3 Å². The number of rotatable bonds is 6. The van der Waals surface area contributed by atoms with Gasteiger partial charge in [0, 0.05) is 42.1 Å². The number of hydrogen-bond acceptors (Lipinski definition) is 6. The first kappa shape index (κ1) is 20.7. The second kappa shape index (κ2) is 9.47. The molecular weight excluding hydrogens is 420 g/mol. The zero-order valence-electron chi connectivity index (χ0n) is 16.7. The largest absolute Gasteiger partial charge is 0.495 e. The van der Waals surface area contributed by atoms with Gasteiger partial charge in [-0.3, -0.25) is 9.69 Å². The molecule has 4 rings (SSSR count). The predicted octanol–water partition coefficient (Wildman–Crippen LogP) is 4.23. The molecule has 0 saturated carbocycles. The van der Waals surface area contributed by atoms with Crippen LogP contribution >= 0.6 is 22.9 Å². The number of amides is 1. The van der Waals surface area contributed by atoms with E-state index in [0.717, 1.165) is 42.6 Å². The van der Waals surface area contributed by atoms with Crippen molar-refractivity contribution in [3.8, 4) is 17.0 Å². The molecule has 1 aliphatic heterocycles. The molecule has 1 aromatic heterocycles. The Balaban J connectivity index is 1.31. The molecule has 1 fully saturated rings. The summed E-state index contributed by atoms with van der Waals surface area (Å²) in [4.78, 5) is 21.6. The highest BCUT2D eigenvalue weighted by molar-refractivity contribution is 7.14. The van der Waals surface area contributed by atoms with Gasteiger partial charge in [-0.15, -0.1) is 11.3 Å². The number of aromatic nitrogens is 1. The lowest BCUT2D eigenvalue weighted by molar-refractivity contribution is -0.117. The molecule has 0 atom stereocenters. The third-order valence-corrected chi connectivity index (χ3v) is 6.26. The van der Waals surface area contributed by atoms with Gasteiger partial charge in [0.25, 0.3) is 0 Å². The van der Waals surface area contributed by atoms with Crippen LogP contribution in [-0.2, 0) is 4.79 Å². The lowest BCUT2D eigenvalue weighted by Gasteiger charge is -2.34. The number of halogens is 1. The maximum Gasteiger partial charge on any atom is 0.238 e. The summed E-state index contributed by atoms with van der Waals surface area (Å²) in [5, 5.41) is 6.68. The monoisotopic (exact) mass is 442 g/mol. The van der Waals surface area contributed by atoms with Gasteiger partial charge in [-0.25, -0.2) is 4.98 Å². The van der Waals surface area contributed by atoms with Crippen LogP contribution in [0.1, 0.15) is 0 Å². The number of ether oxygens (including phenoxy) is 1. The molecule has 0 spiro atoms. The van der Waals surface area contributed by atoms with E-state index in [9.17, 15) is 4.79 Å². The molecule has 30 heavy (non-hydrogen) atoms. The second-order valence-corrected chi connectivity index (χ2v) is 8.25. The number of para-hydroxylation sites is 2. The number of methoxy groups -OCH3 is 1. The van der Waals surface area contributed by atoms with Gasteiger partial charge >= 0.3 is 0 Å². The first-order chi connectivity index (χ1) is 14.6. The fraction of sp³-hybridized carbons (Fsp3) is 0.273. The Labute approximate surface area is 185 Å². The van der Waals surface area contributed by atoms with Gasteiger partial charge in [-0.2, -0.15) is 0 Å². The number of hydrogen-bond donors (Lipinski definition) is 1. The number of anilines is 2. The van der Waals surface area contributed by atoms with Crippen LogP contribution in [0, 0.1) is 0 Å². The van der Waals surface area contributed by atoms with Crippen LogP contribution in [-0.4, -0.2) is 55.6 Å². The Kier molecular flexibility index (Phi) is 6.52. The Bertz CT molecular complexity index is 1020. The molecule has 1 saturated heterocycles. The molecule has 6 nitrogen and oxygen atoms in total. The molecule has 2 aromatic carbocycles. The fourth-order valence-corrected chi connectivity index (χ4v) is 4.55. The molecule has 0 aliphatic carbocycles. The molecule has 1 amide bonds. The first-order valence-electron chi connectivity index (χ1n) is 9.74. The summed E-state index contributed by atoms with van der Waals surface area (Å²) >= 11 is 7.92. The zero-order chi connectivity index (χ0) is 20.9. The van der Waals surface area contributed by atoms with E-state index in [0.29, 0.717) is 23.0 Å². The molecule has 156 valence electrons. The van der Waals surface area contributed by atoms with Crippen molar-refractivity contribution in [3.63, 3.8) is 0 Å². The van der Waals surface area contributed by atoms with E-state index < -0.39 is 0 Å². The van der Waals surface area contributed by atoms with Gasteiger partial charge in [0.05, 0.1) is 25.0 Å². The van der Waals surface area contributed by atoms with Crippen LogP contribution in [0.5, 0.6) is 5.75 Å². The van der Waals surface area contributed by atoms with Crippen LogP contribution in [0.2, 0.25) is 5.02 Å². The summed E-state index contributed by atoms with van der Waals surface area (Å²) in [6, 6.07) is 15.2. The number of piperazine rings is 1. The fourth-order valence-electron chi connectivity index (χ4n) is 3.44. The number of nitrogens with zero attached hydrogens (tertiary/aromatic N) is 3. The molecule has 3 aromatic rings. The number of nitrogens with one attached hydrogen (secondary N) is 1. The minimum Gasteiger partial charge on any atom is -0.495 e. The van der Waals surface area contributed by atoms with Crippen molar-refractivity contribution >= 4 is 39.7 Å². The van der Waals surface area contributed by atoms with Crippen LogP contribution in [0.25, 0.3) is 11.3 Å². The number of benzene rings is 2. The molecule has 0 radical (unpaired) electrons. The van der Waals surface area contributed by atoms with Gasteiger partial charge in [0.15, 0.2) is 5.13 Å². The number of carbonyl (C=O) groups excluding carboxylic acids is 1. The van der Waals surface area contributed by atoms with Gasteiger partial charge in [0.1, 0.15) is 5.75 Å². The molecule has 8 heteroatoms. The van der Waals surface area contributed by atoms with Crippen molar-refractivity contribution < 1.29 is 9.53 Å². The van der Waals surface area contributed by atoms with E-state index in [-0.39, 0.29) is 5.91 Å². The van der Waals surface area contributed by atoms with Crippen LogP contribution in [0.4, 0.5) is 10.8 Å². The SMILES string of the molecule is COc1ccccc1NC(=O)CN1CCN(c2nc(-c3ccccc3Cl)cs2)CC1. The average molecular weight is 443 g/mol. The van der Waals surface area contributed by atoms with Gasteiger partial charge in [-0.05, 0) is 18.2 Å². The Hall–Kier alpha value is -2.61. The molecule has 1 N–H and O–H groups in total. The normalized spacial score (nSPS) is 14.5. The van der Waals surface area contributed by atoms with Crippen molar-refractivity contribution in [3.05, 3.63) is 58.9 Å². The van der Waals surface area contributed by atoms with E-state index >= 15 is 0 Å².